The minimum atomic E-state index is -0.0488. The molecule has 2 aromatic heterocycles. The number of hydrogen-bond donors (Lipinski definition) is 1. The molecule has 3 aliphatic rings. The van der Waals surface area contributed by atoms with Crippen LogP contribution in [0.1, 0.15) is 51.4 Å². The van der Waals surface area contributed by atoms with Gasteiger partial charge in [0.05, 0.1) is 12.2 Å². The molecule has 29 heavy (non-hydrogen) atoms. The number of fused-ring (bicyclic) bond motifs is 2. The highest BCUT2D eigenvalue weighted by Gasteiger charge is 2.43. The number of carbonyl (C=O) groups excluding carboxylic acids is 1. The average Bonchev–Trinajstić information content (AvgIpc) is 3.32. The highest BCUT2D eigenvalue weighted by atomic mass is 32.1. The summed E-state index contributed by atoms with van der Waals surface area (Å²) in [5.41, 5.74) is 2.36. The number of nitrogens with one attached hydrogen (secondary N) is 1. The average molecular weight is 415 g/mol. The number of hydrogen-bond acceptors (Lipinski definition) is 5. The maximum absolute atomic E-state index is 12.4. The lowest BCUT2D eigenvalue weighted by molar-refractivity contribution is -0.100. The number of nitrogens with zero attached hydrogens (tertiary/aromatic N) is 3. The summed E-state index contributed by atoms with van der Waals surface area (Å²) in [6.07, 6.45) is 6.08. The van der Waals surface area contributed by atoms with E-state index in [0.29, 0.717) is 11.7 Å². The molecule has 1 spiro atoms. The summed E-state index contributed by atoms with van der Waals surface area (Å²) in [4.78, 5) is 27.2. The molecule has 7 heteroatoms. The molecule has 0 saturated carbocycles. The van der Waals surface area contributed by atoms with Crippen LogP contribution in [0.15, 0.2) is 12.3 Å². The second kappa shape index (κ2) is 7.52. The van der Waals surface area contributed by atoms with Crippen LogP contribution in [0.2, 0.25) is 0 Å². The van der Waals surface area contributed by atoms with Crippen LogP contribution in [0.4, 0.5) is 0 Å². The van der Waals surface area contributed by atoms with Gasteiger partial charge in [-0.15, -0.1) is 11.3 Å². The summed E-state index contributed by atoms with van der Waals surface area (Å²) in [6.45, 7) is 9.95. The van der Waals surface area contributed by atoms with Crippen LogP contribution in [0.5, 0.6) is 0 Å². The topological polar surface area (TPSA) is 61.5 Å². The number of imidazole rings is 1. The van der Waals surface area contributed by atoms with Crippen molar-refractivity contribution in [1.29, 1.82) is 0 Å². The van der Waals surface area contributed by atoms with Gasteiger partial charge in [0.2, 0.25) is 0 Å². The molecule has 3 aliphatic heterocycles. The molecule has 0 aromatic carbocycles. The molecule has 156 valence electrons. The van der Waals surface area contributed by atoms with Gasteiger partial charge in [0.15, 0.2) is 5.82 Å². The second-order valence-corrected chi connectivity index (χ2v) is 10.0. The van der Waals surface area contributed by atoms with E-state index in [1.165, 1.54) is 10.4 Å². The van der Waals surface area contributed by atoms with Gasteiger partial charge in [0.1, 0.15) is 0 Å². The molecule has 0 unspecified atom stereocenters. The zero-order valence-corrected chi connectivity index (χ0v) is 18.2. The minimum absolute atomic E-state index is 0.0271. The number of thiophene rings is 1. The Kier molecular flexibility index (Phi) is 5.00. The second-order valence-electron chi connectivity index (χ2n) is 8.79. The van der Waals surface area contributed by atoms with Crippen LogP contribution in [0.25, 0.3) is 0 Å². The highest BCUT2D eigenvalue weighted by molar-refractivity contribution is 7.12. The Labute approximate surface area is 176 Å². The fraction of sp³-hybridized carbons (Fsp3) is 0.636. The number of ether oxygens (including phenoxy) is 1. The van der Waals surface area contributed by atoms with E-state index in [1.807, 2.05) is 23.2 Å². The minimum Gasteiger partial charge on any atom is -0.370 e. The lowest BCUT2D eigenvalue weighted by atomic mass is 9.82. The van der Waals surface area contributed by atoms with Crippen LogP contribution >= 0.6 is 11.3 Å². The number of aromatic nitrogens is 2. The number of carbonyl (C=O) groups is 1. The molecule has 2 fully saturated rings. The van der Waals surface area contributed by atoms with E-state index in [1.54, 1.807) is 11.1 Å². The molecule has 2 saturated heterocycles. The van der Waals surface area contributed by atoms with Gasteiger partial charge in [0, 0.05) is 66.7 Å². The number of aromatic amines is 1. The van der Waals surface area contributed by atoms with E-state index in [0.717, 1.165) is 70.7 Å². The zero-order chi connectivity index (χ0) is 20.0. The van der Waals surface area contributed by atoms with Crippen molar-refractivity contribution in [2.75, 3.05) is 39.3 Å². The molecule has 1 N–H and O–H groups in total. The third kappa shape index (κ3) is 3.53. The van der Waals surface area contributed by atoms with Gasteiger partial charge < -0.3 is 19.5 Å². The maximum atomic E-state index is 12.4. The van der Waals surface area contributed by atoms with Gasteiger partial charge >= 0.3 is 0 Å². The summed E-state index contributed by atoms with van der Waals surface area (Å²) in [7, 11) is 0. The lowest BCUT2D eigenvalue weighted by Gasteiger charge is -2.46. The summed E-state index contributed by atoms with van der Waals surface area (Å²) < 4.78 is 6.40. The summed E-state index contributed by atoms with van der Waals surface area (Å²) in [5.74, 6) is 1.06. The SMILES string of the molecule is CCc1cc2c(s1)CCOC21CCN(CC2CN(C(=O)c3ncc(C)[nH]3)C2)CC1. The first-order valence-corrected chi connectivity index (χ1v) is 11.7. The predicted octanol–water partition coefficient (Wildman–Crippen LogP) is 2.98. The number of amides is 1. The number of likely N-dealkylation sites (tertiary alicyclic amines) is 2. The Morgan fingerprint density at radius 2 is 2.17 bits per heavy atom. The van der Waals surface area contributed by atoms with Crippen molar-refractivity contribution >= 4 is 17.2 Å². The summed E-state index contributed by atoms with van der Waals surface area (Å²) >= 11 is 1.99. The molecular weight excluding hydrogens is 384 g/mol. The Bertz CT molecular complexity index is 891. The van der Waals surface area contributed by atoms with E-state index in [2.05, 4.69) is 27.9 Å². The van der Waals surface area contributed by atoms with Gasteiger partial charge in [-0.25, -0.2) is 4.98 Å². The van der Waals surface area contributed by atoms with Crippen molar-refractivity contribution in [1.82, 2.24) is 19.8 Å². The molecule has 0 radical (unpaired) electrons. The van der Waals surface area contributed by atoms with Crippen LogP contribution in [-0.4, -0.2) is 65.0 Å². The summed E-state index contributed by atoms with van der Waals surface area (Å²) in [5, 5.41) is 0. The van der Waals surface area contributed by atoms with E-state index in [9.17, 15) is 4.79 Å². The molecule has 0 aliphatic carbocycles. The van der Waals surface area contributed by atoms with E-state index >= 15 is 0 Å². The van der Waals surface area contributed by atoms with E-state index in [-0.39, 0.29) is 11.5 Å². The molecule has 0 bridgehead atoms. The number of H-pyrrole nitrogens is 1. The number of piperidine rings is 1. The highest BCUT2D eigenvalue weighted by Crippen LogP contribution is 2.44. The largest absolute Gasteiger partial charge is 0.370 e. The Balaban J connectivity index is 1.14. The molecule has 1 amide bonds. The van der Waals surface area contributed by atoms with Crippen molar-refractivity contribution in [2.24, 2.45) is 5.92 Å². The first kappa shape index (κ1) is 19.3. The molecule has 5 rings (SSSR count). The molecule has 0 atom stereocenters. The maximum Gasteiger partial charge on any atom is 0.289 e. The zero-order valence-electron chi connectivity index (χ0n) is 17.4. The van der Waals surface area contributed by atoms with Crippen molar-refractivity contribution in [3.63, 3.8) is 0 Å². The third-order valence-corrected chi connectivity index (χ3v) is 8.08. The van der Waals surface area contributed by atoms with Crippen molar-refractivity contribution < 1.29 is 9.53 Å². The Hall–Kier alpha value is -1.70. The molecule has 6 nitrogen and oxygen atoms in total. The normalized spacial score (nSPS) is 21.9. The van der Waals surface area contributed by atoms with Crippen LogP contribution in [-0.2, 0) is 23.2 Å². The quantitative estimate of drug-likeness (QED) is 0.836. The van der Waals surface area contributed by atoms with Crippen LogP contribution < -0.4 is 0 Å². The van der Waals surface area contributed by atoms with Gasteiger partial charge in [0.25, 0.3) is 5.91 Å². The molecular formula is C22H30N4O2S. The fourth-order valence-corrected chi connectivity index (χ4v) is 6.22. The van der Waals surface area contributed by atoms with E-state index in [4.69, 9.17) is 4.74 Å². The lowest BCUT2D eigenvalue weighted by Crippen LogP contribution is -2.55. The van der Waals surface area contributed by atoms with Gasteiger partial charge in [-0.2, -0.15) is 0 Å². The predicted molar refractivity (Wildman–Crippen MR) is 113 cm³/mol. The van der Waals surface area contributed by atoms with E-state index < -0.39 is 0 Å². The monoisotopic (exact) mass is 414 g/mol. The number of rotatable bonds is 4. The van der Waals surface area contributed by atoms with Crippen LogP contribution in [0, 0.1) is 12.8 Å². The van der Waals surface area contributed by atoms with Gasteiger partial charge in [-0.3, -0.25) is 4.79 Å². The first-order valence-electron chi connectivity index (χ1n) is 10.9. The number of aryl methyl sites for hydroxylation is 2. The Morgan fingerprint density at radius 3 is 2.86 bits per heavy atom. The fourth-order valence-electron chi connectivity index (χ4n) is 5.04. The van der Waals surface area contributed by atoms with Gasteiger partial charge in [-0.05, 0) is 37.8 Å². The smallest absolute Gasteiger partial charge is 0.289 e. The first-order chi connectivity index (χ1) is 14.1. The third-order valence-electron chi connectivity index (χ3n) is 6.74. The van der Waals surface area contributed by atoms with Crippen molar-refractivity contribution in [3.05, 3.63) is 39.1 Å². The van der Waals surface area contributed by atoms with Crippen molar-refractivity contribution in [2.45, 2.75) is 45.1 Å². The Morgan fingerprint density at radius 1 is 1.38 bits per heavy atom. The molecule has 5 heterocycles. The van der Waals surface area contributed by atoms with Crippen molar-refractivity contribution in [3.8, 4) is 0 Å². The van der Waals surface area contributed by atoms with Crippen LogP contribution in [0.3, 0.4) is 0 Å². The standard InChI is InChI=1S/C22H30N4O2S/c1-3-17-10-18-19(29-17)4-9-28-22(18)5-7-25(8-6-22)12-16-13-26(14-16)21(27)20-23-11-15(2)24-20/h10-11,16H,3-9,12-14H2,1-2H3,(H,23,24). The van der Waals surface area contributed by atoms with Gasteiger partial charge in [-0.1, -0.05) is 6.92 Å². The summed E-state index contributed by atoms with van der Waals surface area (Å²) in [6, 6.07) is 2.42. The molecule has 2 aromatic rings.